The van der Waals surface area contributed by atoms with E-state index < -0.39 is 0 Å². The molecule has 1 heterocycles. The van der Waals surface area contributed by atoms with Crippen molar-refractivity contribution in [1.82, 2.24) is 4.57 Å². The van der Waals surface area contributed by atoms with Crippen molar-refractivity contribution in [2.24, 2.45) is 0 Å². The summed E-state index contributed by atoms with van der Waals surface area (Å²) in [5.74, 6) is 0. The van der Waals surface area contributed by atoms with E-state index in [2.05, 4.69) is 252 Å². The number of rotatable bonds is 8. The van der Waals surface area contributed by atoms with Crippen molar-refractivity contribution in [3.05, 3.63) is 243 Å². The van der Waals surface area contributed by atoms with Gasteiger partial charge in [0.25, 0.3) is 0 Å². The van der Waals surface area contributed by atoms with Gasteiger partial charge < -0.3 is 9.47 Å². The second kappa shape index (κ2) is 15.1. The molecule has 2 heteroatoms. The summed E-state index contributed by atoms with van der Waals surface area (Å²) in [6, 6.07) is 87.9. The molecule has 11 aromatic rings. The molecule has 60 heavy (non-hydrogen) atoms. The number of hydrogen-bond donors (Lipinski definition) is 0. The molecule has 0 aliphatic heterocycles. The predicted octanol–water partition coefficient (Wildman–Crippen LogP) is 16.1. The predicted molar refractivity (Wildman–Crippen MR) is 255 cm³/mol. The molecule has 0 atom stereocenters. The van der Waals surface area contributed by atoms with E-state index in [1.165, 1.54) is 77.1 Å². The van der Waals surface area contributed by atoms with Gasteiger partial charge in [-0.1, -0.05) is 170 Å². The molecule has 0 unspecified atom stereocenters. The first kappa shape index (κ1) is 35.2. The van der Waals surface area contributed by atoms with Crippen molar-refractivity contribution < 1.29 is 0 Å². The van der Waals surface area contributed by atoms with Crippen LogP contribution in [0.25, 0.3) is 82.8 Å². The van der Waals surface area contributed by atoms with Crippen molar-refractivity contribution in [2.45, 2.75) is 0 Å². The molecule has 1 aromatic heterocycles. The SMILES string of the molecule is c1ccc(-c2cccc(-c3ccc(N(c4ccc(-c5ccc6ccccc6c5)cc4)c4cccc(-c5cccc6c5c5ccccc5n6-c5ccccc5)c4)cc3)c2)cc1. The van der Waals surface area contributed by atoms with Gasteiger partial charge in [0.1, 0.15) is 0 Å². The average Bonchev–Trinajstić information content (AvgIpc) is 3.67. The Morgan fingerprint density at radius 2 is 0.800 bits per heavy atom. The smallest absolute Gasteiger partial charge is 0.0547 e. The van der Waals surface area contributed by atoms with Crippen LogP contribution in [0.3, 0.4) is 0 Å². The van der Waals surface area contributed by atoms with Gasteiger partial charge in [0.2, 0.25) is 0 Å². The van der Waals surface area contributed by atoms with E-state index in [0.717, 1.165) is 22.7 Å². The molecule has 11 rings (SSSR count). The van der Waals surface area contributed by atoms with Gasteiger partial charge in [-0.15, -0.1) is 0 Å². The normalized spacial score (nSPS) is 11.3. The molecular formula is C58H40N2. The number of para-hydroxylation sites is 2. The van der Waals surface area contributed by atoms with Crippen molar-refractivity contribution >= 4 is 49.6 Å². The number of nitrogens with zero attached hydrogens (tertiary/aromatic N) is 2. The van der Waals surface area contributed by atoms with E-state index in [0.29, 0.717) is 0 Å². The third kappa shape index (κ3) is 6.41. The first-order valence-electron chi connectivity index (χ1n) is 20.6. The molecule has 0 amide bonds. The molecule has 10 aromatic carbocycles. The monoisotopic (exact) mass is 764 g/mol. The lowest BCUT2D eigenvalue weighted by molar-refractivity contribution is 1.18. The summed E-state index contributed by atoms with van der Waals surface area (Å²) in [7, 11) is 0. The molecule has 0 aliphatic rings. The number of hydrogen-bond acceptors (Lipinski definition) is 1. The van der Waals surface area contributed by atoms with Crippen LogP contribution in [-0.2, 0) is 0 Å². The maximum atomic E-state index is 2.39. The molecule has 0 saturated carbocycles. The number of benzene rings is 10. The Morgan fingerprint density at radius 3 is 1.53 bits per heavy atom. The Kier molecular flexibility index (Phi) is 8.87. The lowest BCUT2D eigenvalue weighted by Gasteiger charge is -2.26. The molecule has 0 N–H and O–H groups in total. The fourth-order valence-corrected chi connectivity index (χ4v) is 8.86. The van der Waals surface area contributed by atoms with Gasteiger partial charge in [0.15, 0.2) is 0 Å². The maximum absolute atomic E-state index is 2.39. The summed E-state index contributed by atoms with van der Waals surface area (Å²) in [5, 5.41) is 4.99. The Balaban J connectivity index is 1.03. The zero-order valence-corrected chi connectivity index (χ0v) is 33.0. The lowest BCUT2D eigenvalue weighted by atomic mass is 9.98. The second-order valence-corrected chi connectivity index (χ2v) is 15.4. The molecular weight excluding hydrogens is 725 g/mol. The van der Waals surface area contributed by atoms with Crippen molar-refractivity contribution in [1.29, 1.82) is 0 Å². The highest BCUT2D eigenvalue weighted by molar-refractivity contribution is 6.16. The molecule has 0 aliphatic carbocycles. The van der Waals surface area contributed by atoms with Gasteiger partial charge in [-0.25, -0.2) is 0 Å². The molecule has 0 spiro atoms. The first-order chi connectivity index (χ1) is 29.7. The third-order valence-corrected chi connectivity index (χ3v) is 11.8. The average molecular weight is 765 g/mol. The zero-order chi connectivity index (χ0) is 39.8. The Morgan fingerprint density at radius 1 is 0.283 bits per heavy atom. The molecule has 0 saturated heterocycles. The highest BCUT2D eigenvalue weighted by Crippen LogP contribution is 2.42. The molecule has 282 valence electrons. The molecule has 0 fully saturated rings. The highest BCUT2D eigenvalue weighted by atomic mass is 15.1. The summed E-state index contributed by atoms with van der Waals surface area (Å²) >= 11 is 0. The Hall–Kier alpha value is -7.94. The fraction of sp³-hybridized carbons (Fsp3) is 0. The Bertz CT molecular complexity index is 3290. The summed E-state index contributed by atoms with van der Waals surface area (Å²) < 4.78 is 2.39. The summed E-state index contributed by atoms with van der Waals surface area (Å²) in [5.41, 5.74) is 16.4. The van der Waals surface area contributed by atoms with E-state index in [4.69, 9.17) is 0 Å². The van der Waals surface area contributed by atoms with E-state index in [1.54, 1.807) is 0 Å². The van der Waals surface area contributed by atoms with Gasteiger partial charge in [-0.3, -0.25) is 0 Å². The van der Waals surface area contributed by atoms with E-state index in [1.807, 2.05) is 0 Å². The van der Waals surface area contributed by atoms with Crippen LogP contribution in [0.2, 0.25) is 0 Å². The second-order valence-electron chi connectivity index (χ2n) is 15.4. The van der Waals surface area contributed by atoms with Gasteiger partial charge in [0, 0.05) is 33.5 Å². The van der Waals surface area contributed by atoms with Crippen molar-refractivity contribution in [3.8, 4) is 50.2 Å². The number of anilines is 3. The van der Waals surface area contributed by atoms with Gasteiger partial charge in [0.05, 0.1) is 11.0 Å². The van der Waals surface area contributed by atoms with E-state index >= 15 is 0 Å². The van der Waals surface area contributed by atoms with Crippen LogP contribution in [0, 0.1) is 0 Å². The highest BCUT2D eigenvalue weighted by Gasteiger charge is 2.18. The first-order valence-corrected chi connectivity index (χ1v) is 20.6. The minimum Gasteiger partial charge on any atom is -0.310 e. The van der Waals surface area contributed by atoms with Crippen LogP contribution < -0.4 is 4.90 Å². The third-order valence-electron chi connectivity index (χ3n) is 11.8. The van der Waals surface area contributed by atoms with Gasteiger partial charge >= 0.3 is 0 Å². The van der Waals surface area contributed by atoms with Crippen molar-refractivity contribution in [3.63, 3.8) is 0 Å². The van der Waals surface area contributed by atoms with Crippen LogP contribution in [-0.4, -0.2) is 4.57 Å². The molecule has 0 bridgehead atoms. The van der Waals surface area contributed by atoms with Gasteiger partial charge in [-0.2, -0.15) is 0 Å². The minimum absolute atomic E-state index is 1.09. The lowest BCUT2D eigenvalue weighted by Crippen LogP contribution is -2.10. The zero-order valence-electron chi connectivity index (χ0n) is 33.0. The molecule has 2 nitrogen and oxygen atoms in total. The summed E-state index contributed by atoms with van der Waals surface area (Å²) in [4.78, 5) is 2.38. The quantitative estimate of drug-likeness (QED) is 0.150. The minimum atomic E-state index is 1.09. The van der Waals surface area contributed by atoms with Crippen LogP contribution >= 0.6 is 0 Å². The van der Waals surface area contributed by atoms with E-state index in [9.17, 15) is 0 Å². The number of aromatic nitrogens is 1. The Labute approximate surface area is 350 Å². The van der Waals surface area contributed by atoms with Crippen LogP contribution in [0.1, 0.15) is 0 Å². The topological polar surface area (TPSA) is 8.17 Å². The van der Waals surface area contributed by atoms with Crippen LogP contribution in [0.5, 0.6) is 0 Å². The van der Waals surface area contributed by atoms with Gasteiger partial charge in [-0.05, 0) is 128 Å². The largest absolute Gasteiger partial charge is 0.310 e. The van der Waals surface area contributed by atoms with Crippen LogP contribution in [0.4, 0.5) is 17.1 Å². The van der Waals surface area contributed by atoms with Crippen LogP contribution in [0.15, 0.2) is 243 Å². The fourth-order valence-electron chi connectivity index (χ4n) is 8.86. The standard InChI is InChI=1S/C58H40N2/c1-3-14-41(15-4-1)46-18-11-19-47(38-46)43-30-34-51(35-31-43)59(52-36-32-44(33-37-52)48-29-28-42-16-7-8-17-45(42)39-48)53-23-12-20-49(40-53)54-25-13-27-57-58(54)55-24-9-10-26-56(55)60(57)50-21-5-2-6-22-50/h1-40H. The van der Waals surface area contributed by atoms with Crippen molar-refractivity contribution in [2.75, 3.05) is 4.90 Å². The van der Waals surface area contributed by atoms with E-state index in [-0.39, 0.29) is 0 Å². The maximum Gasteiger partial charge on any atom is 0.0547 e. The molecule has 0 radical (unpaired) electrons. The summed E-state index contributed by atoms with van der Waals surface area (Å²) in [6.45, 7) is 0. The number of fused-ring (bicyclic) bond motifs is 4. The summed E-state index contributed by atoms with van der Waals surface area (Å²) in [6.07, 6.45) is 0.